The van der Waals surface area contributed by atoms with Crippen LogP contribution in [-0.4, -0.2) is 15.0 Å². The first-order chi connectivity index (χ1) is 37.7. The second-order valence-corrected chi connectivity index (χ2v) is 20.8. The summed E-state index contributed by atoms with van der Waals surface area (Å²) in [6.45, 7) is 0. The summed E-state index contributed by atoms with van der Waals surface area (Å²) in [4.78, 5) is 16.1. The molecule has 4 heterocycles. The van der Waals surface area contributed by atoms with E-state index in [-0.39, 0.29) is 0 Å². The molecule has 0 fully saturated rings. The maximum atomic E-state index is 6.70. The van der Waals surface area contributed by atoms with Gasteiger partial charge in [0.05, 0.1) is 5.41 Å². The molecule has 76 heavy (non-hydrogen) atoms. The molecule has 16 rings (SSSR count). The first-order valence-corrected chi connectivity index (χ1v) is 26.5. The largest absolute Gasteiger partial charge is 0.456 e. The molecule has 0 aliphatic heterocycles. The predicted octanol–water partition coefficient (Wildman–Crippen LogP) is 18.7. The molecule has 1 aliphatic rings. The van der Waals surface area contributed by atoms with E-state index < -0.39 is 5.41 Å². The standard InChI is InChI=1S/C70H41N3O2S/c1-3-19-46(20-4-1)70(47-21-5-2-6-22-47)56-29-10-7-24-50(56)64-48(26-14-30-57(64)70)44-18-13-17-42(39-44)43-35-37-59-55(40-43)66-53(28-16-33-61(66)75-59)69-72-67(45-36-38-63-54(41-45)49-23-9-12-34-62(49)76-63)71-68(73-69)52-27-15-32-60-65(52)51-25-8-11-31-58(51)74-60/h1-41H. The second kappa shape index (κ2) is 16.6. The highest BCUT2D eigenvalue weighted by atomic mass is 32.1. The zero-order valence-electron chi connectivity index (χ0n) is 40.7. The number of fused-ring (bicyclic) bond motifs is 12. The number of para-hydroxylation sites is 1. The number of hydrogen-bond donors (Lipinski definition) is 0. The molecule has 0 amide bonds. The number of rotatable bonds is 7. The van der Waals surface area contributed by atoms with Crippen molar-refractivity contribution in [1.29, 1.82) is 0 Å². The normalized spacial score (nSPS) is 12.8. The fourth-order valence-electron chi connectivity index (χ4n) is 12.4. The van der Waals surface area contributed by atoms with Crippen LogP contribution < -0.4 is 0 Å². The Kier molecular flexibility index (Phi) is 9.35. The molecule has 11 aromatic carbocycles. The van der Waals surface area contributed by atoms with E-state index >= 15 is 0 Å². The van der Waals surface area contributed by atoms with Gasteiger partial charge in [0.2, 0.25) is 0 Å². The molecule has 0 N–H and O–H groups in total. The van der Waals surface area contributed by atoms with Gasteiger partial charge in [-0.3, -0.25) is 0 Å². The Bertz CT molecular complexity index is 4800. The van der Waals surface area contributed by atoms with Crippen molar-refractivity contribution in [3.63, 3.8) is 0 Å². The molecule has 0 radical (unpaired) electrons. The third kappa shape index (κ3) is 6.35. The van der Waals surface area contributed by atoms with E-state index in [0.717, 1.165) is 77.3 Å². The molecule has 0 saturated carbocycles. The van der Waals surface area contributed by atoms with E-state index in [1.165, 1.54) is 59.1 Å². The number of thiophene rings is 1. The van der Waals surface area contributed by atoms with E-state index in [4.69, 9.17) is 23.8 Å². The zero-order valence-corrected chi connectivity index (χ0v) is 41.6. The van der Waals surface area contributed by atoms with Crippen LogP contribution in [-0.2, 0) is 5.41 Å². The lowest BCUT2D eigenvalue weighted by atomic mass is 9.67. The Morgan fingerprint density at radius 2 is 0.816 bits per heavy atom. The van der Waals surface area contributed by atoms with E-state index in [0.29, 0.717) is 17.5 Å². The van der Waals surface area contributed by atoms with Gasteiger partial charge in [-0.05, 0) is 116 Å². The summed E-state index contributed by atoms with van der Waals surface area (Å²) in [6.07, 6.45) is 0. The van der Waals surface area contributed by atoms with Gasteiger partial charge >= 0.3 is 0 Å². The van der Waals surface area contributed by atoms with Gasteiger partial charge in [-0.2, -0.15) is 0 Å². The van der Waals surface area contributed by atoms with E-state index in [1.807, 2.05) is 42.5 Å². The van der Waals surface area contributed by atoms with Crippen LogP contribution in [0, 0.1) is 0 Å². The lowest BCUT2D eigenvalue weighted by molar-refractivity contribution is 0.668. The van der Waals surface area contributed by atoms with E-state index in [1.54, 1.807) is 11.3 Å². The lowest BCUT2D eigenvalue weighted by Crippen LogP contribution is -2.28. The van der Waals surface area contributed by atoms with Crippen LogP contribution in [0.5, 0.6) is 0 Å². The van der Waals surface area contributed by atoms with Crippen molar-refractivity contribution in [1.82, 2.24) is 15.0 Å². The lowest BCUT2D eigenvalue weighted by Gasteiger charge is -2.34. The summed E-state index contributed by atoms with van der Waals surface area (Å²) < 4.78 is 15.6. The Morgan fingerprint density at radius 3 is 1.59 bits per heavy atom. The van der Waals surface area contributed by atoms with Gasteiger partial charge in [0.25, 0.3) is 0 Å². The zero-order chi connectivity index (χ0) is 49.9. The molecule has 5 nitrogen and oxygen atoms in total. The summed E-state index contributed by atoms with van der Waals surface area (Å²) in [5, 5.41) is 6.30. The molecule has 0 saturated heterocycles. The molecule has 0 bridgehead atoms. The highest BCUT2D eigenvalue weighted by Gasteiger charge is 2.46. The SMILES string of the molecule is c1ccc(C2(c3ccccc3)c3ccccc3-c3c(-c4cccc(-c5ccc6oc7cccc(-c8nc(-c9ccc%10sc%11ccccc%11c%10c9)nc(-c9cccc%10oc%11ccccc%11c9%10)n8)c7c6c5)c4)cccc32)cc1. The van der Waals surface area contributed by atoms with Gasteiger partial charge in [0, 0.05) is 58.4 Å². The number of benzene rings is 11. The molecule has 6 heteroatoms. The highest BCUT2D eigenvalue weighted by Crippen LogP contribution is 2.58. The quantitative estimate of drug-likeness (QED) is 0.159. The maximum Gasteiger partial charge on any atom is 0.164 e. The molecule has 15 aromatic rings. The fraction of sp³-hybridized carbons (Fsp3) is 0.0143. The average molecular weight is 988 g/mol. The van der Waals surface area contributed by atoms with E-state index in [9.17, 15) is 0 Å². The van der Waals surface area contributed by atoms with Crippen molar-refractivity contribution in [3.8, 4) is 67.5 Å². The minimum Gasteiger partial charge on any atom is -0.456 e. The third-order valence-electron chi connectivity index (χ3n) is 15.6. The van der Waals surface area contributed by atoms with Crippen molar-refractivity contribution in [2.45, 2.75) is 5.41 Å². The Labute approximate surface area is 440 Å². The van der Waals surface area contributed by atoms with Gasteiger partial charge in [-0.1, -0.05) is 188 Å². The number of nitrogens with zero attached hydrogens (tertiary/aromatic N) is 3. The topological polar surface area (TPSA) is 65.0 Å². The molecule has 0 atom stereocenters. The van der Waals surface area contributed by atoms with Gasteiger partial charge in [0.15, 0.2) is 17.5 Å². The minimum atomic E-state index is -0.485. The minimum absolute atomic E-state index is 0.485. The van der Waals surface area contributed by atoms with Gasteiger partial charge in [-0.15, -0.1) is 11.3 Å². The van der Waals surface area contributed by atoms with Crippen LogP contribution in [0.3, 0.4) is 0 Å². The monoisotopic (exact) mass is 987 g/mol. The molecule has 1 aliphatic carbocycles. The highest BCUT2D eigenvalue weighted by molar-refractivity contribution is 7.25. The number of aromatic nitrogens is 3. The smallest absolute Gasteiger partial charge is 0.164 e. The molecule has 0 unspecified atom stereocenters. The molecule has 0 spiro atoms. The van der Waals surface area contributed by atoms with Crippen molar-refractivity contribution < 1.29 is 8.83 Å². The van der Waals surface area contributed by atoms with Crippen molar-refractivity contribution in [2.24, 2.45) is 0 Å². The molecular weight excluding hydrogens is 947 g/mol. The molecule has 354 valence electrons. The van der Waals surface area contributed by atoms with Crippen LogP contribution in [0.15, 0.2) is 258 Å². The van der Waals surface area contributed by atoms with Gasteiger partial charge < -0.3 is 8.83 Å². The van der Waals surface area contributed by atoms with Crippen molar-refractivity contribution in [2.75, 3.05) is 0 Å². The molecule has 4 aromatic heterocycles. The summed E-state index contributed by atoms with van der Waals surface area (Å²) in [5.41, 5.74) is 17.4. The van der Waals surface area contributed by atoms with Crippen LogP contribution >= 0.6 is 11.3 Å². The van der Waals surface area contributed by atoms with Crippen LogP contribution in [0.2, 0.25) is 0 Å². The van der Waals surface area contributed by atoms with Crippen LogP contribution in [0.25, 0.3) is 132 Å². The Morgan fingerprint density at radius 1 is 0.303 bits per heavy atom. The fourth-order valence-corrected chi connectivity index (χ4v) is 13.5. The van der Waals surface area contributed by atoms with Crippen LogP contribution in [0.4, 0.5) is 0 Å². The summed E-state index contributed by atoms with van der Waals surface area (Å²) in [7, 11) is 0. The maximum absolute atomic E-state index is 6.70. The van der Waals surface area contributed by atoms with E-state index in [2.05, 4.69) is 206 Å². The van der Waals surface area contributed by atoms with Gasteiger partial charge in [0.1, 0.15) is 22.3 Å². The number of hydrogen-bond acceptors (Lipinski definition) is 6. The van der Waals surface area contributed by atoms with Crippen molar-refractivity contribution >= 4 is 75.4 Å². The predicted molar refractivity (Wildman–Crippen MR) is 312 cm³/mol. The van der Waals surface area contributed by atoms with Gasteiger partial charge in [-0.25, -0.2) is 15.0 Å². The first kappa shape index (κ1) is 42.7. The Balaban J connectivity index is 0.867. The summed E-state index contributed by atoms with van der Waals surface area (Å²) >= 11 is 1.80. The average Bonchev–Trinajstić information content (AvgIpc) is 4.40. The first-order valence-electron chi connectivity index (χ1n) is 25.6. The summed E-state index contributed by atoms with van der Waals surface area (Å²) in [6, 6.07) is 88.9. The summed E-state index contributed by atoms with van der Waals surface area (Å²) in [5.74, 6) is 1.71. The Hall–Kier alpha value is -9.75. The number of furan rings is 2. The second-order valence-electron chi connectivity index (χ2n) is 19.7. The van der Waals surface area contributed by atoms with Crippen LogP contribution in [0.1, 0.15) is 22.3 Å². The molecular formula is C70H41N3O2S. The van der Waals surface area contributed by atoms with Crippen molar-refractivity contribution in [3.05, 3.63) is 271 Å². The third-order valence-corrected chi connectivity index (χ3v) is 16.8.